The van der Waals surface area contributed by atoms with Gasteiger partial charge in [-0.3, -0.25) is 0 Å². The third kappa shape index (κ3) is 4.10. The fourth-order valence-corrected chi connectivity index (χ4v) is 2.00. The Morgan fingerprint density at radius 3 is 2.00 bits per heavy atom. The normalized spacial score (nSPS) is 9.40. The molecule has 15 heavy (non-hydrogen) atoms. The van der Waals surface area contributed by atoms with E-state index in [0.717, 1.165) is 0 Å². The molecule has 0 aliphatic heterocycles. The fraction of sp³-hybridized carbons (Fsp3) is 0.0769. The van der Waals surface area contributed by atoms with Crippen LogP contribution in [0.25, 0.3) is 0 Å². The zero-order chi connectivity index (χ0) is 9.80. The van der Waals surface area contributed by atoms with E-state index in [0.29, 0.717) is 0 Å². The van der Waals surface area contributed by atoms with Gasteiger partial charge in [-0.15, -0.1) is 11.8 Å². The predicted octanol–water partition coefficient (Wildman–Crippen LogP) is 3.94. The molecule has 0 N–H and O–H groups in total. The van der Waals surface area contributed by atoms with Gasteiger partial charge in [0, 0.05) is 37.6 Å². The summed E-state index contributed by atoms with van der Waals surface area (Å²) in [5.74, 6) is 0. The third-order valence-electron chi connectivity index (χ3n) is 1.94. The van der Waals surface area contributed by atoms with Crippen LogP contribution in [-0.2, 0) is 32.7 Å². The second kappa shape index (κ2) is 6.47. The van der Waals surface area contributed by atoms with Crippen LogP contribution in [0.2, 0.25) is 0 Å². The van der Waals surface area contributed by atoms with E-state index in [1.54, 1.807) is 11.8 Å². The smallest absolute Gasteiger partial charge is 0.0101 e. The molecule has 0 saturated carbocycles. The molecule has 0 aliphatic rings. The SMILES string of the molecule is Cc1ccc(Sc2cc[c-]cc2)cc1.[Y]. The van der Waals surface area contributed by atoms with Crippen LogP contribution in [0.5, 0.6) is 0 Å². The summed E-state index contributed by atoms with van der Waals surface area (Å²) in [6.07, 6.45) is 0. The molecule has 0 atom stereocenters. The van der Waals surface area contributed by atoms with Crippen LogP contribution < -0.4 is 0 Å². The van der Waals surface area contributed by atoms with Gasteiger partial charge in [-0.1, -0.05) is 22.6 Å². The van der Waals surface area contributed by atoms with Gasteiger partial charge in [-0.05, 0) is 19.1 Å². The van der Waals surface area contributed by atoms with Gasteiger partial charge in [0.05, 0.1) is 0 Å². The number of rotatable bonds is 2. The van der Waals surface area contributed by atoms with Crippen LogP contribution in [0.15, 0.2) is 58.3 Å². The van der Waals surface area contributed by atoms with Crippen molar-refractivity contribution in [3.63, 3.8) is 0 Å². The average molecular weight is 288 g/mol. The average Bonchev–Trinajstić information content (AvgIpc) is 2.23. The first-order valence-electron chi connectivity index (χ1n) is 4.55. The van der Waals surface area contributed by atoms with Crippen molar-refractivity contribution in [2.24, 2.45) is 0 Å². The first-order chi connectivity index (χ1) is 6.84. The van der Waals surface area contributed by atoms with Crippen molar-refractivity contribution < 1.29 is 32.7 Å². The standard InChI is InChI=1S/C13H11S.Y/c1-11-7-9-13(10-8-11)14-12-5-3-2-4-6-12;/h3-10H,1H3;/q-1;. The van der Waals surface area contributed by atoms with Gasteiger partial charge < -0.3 is 0 Å². The largest absolute Gasteiger partial charge is 0.184 e. The Kier molecular flexibility index (Phi) is 5.59. The Bertz CT molecular complexity index is 395. The van der Waals surface area contributed by atoms with Crippen molar-refractivity contribution in [2.45, 2.75) is 16.7 Å². The first-order valence-corrected chi connectivity index (χ1v) is 5.37. The molecule has 2 aromatic carbocycles. The van der Waals surface area contributed by atoms with E-state index in [-0.39, 0.29) is 32.7 Å². The van der Waals surface area contributed by atoms with E-state index >= 15 is 0 Å². The topological polar surface area (TPSA) is 0 Å². The van der Waals surface area contributed by atoms with Crippen LogP contribution in [0.1, 0.15) is 5.56 Å². The van der Waals surface area contributed by atoms with Crippen molar-refractivity contribution in [2.75, 3.05) is 0 Å². The molecule has 0 fully saturated rings. The van der Waals surface area contributed by atoms with Crippen molar-refractivity contribution in [1.29, 1.82) is 0 Å². The summed E-state index contributed by atoms with van der Waals surface area (Å²) in [4.78, 5) is 2.54. The zero-order valence-electron chi connectivity index (χ0n) is 8.60. The van der Waals surface area contributed by atoms with E-state index in [4.69, 9.17) is 0 Å². The van der Waals surface area contributed by atoms with Crippen LogP contribution in [0, 0.1) is 13.0 Å². The maximum atomic E-state index is 3.01. The van der Waals surface area contributed by atoms with Gasteiger partial charge in [0.1, 0.15) is 0 Å². The maximum absolute atomic E-state index is 3.01. The summed E-state index contributed by atoms with van der Waals surface area (Å²) in [5.41, 5.74) is 1.30. The van der Waals surface area contributed by atoms with Crippen molar-refractivity contribution in [1.82, 2.24) is 0 Å². The molecule has 2 aromatic rings. The zero-order valence-corrected chi connectivity index (χ0v) is 12.3. The van der Waals surface area contributed by atoms with E-state index in [1.165, 1.54) is 15.4 Å². The molecular weight excluding hydrogens is 277 g/mol. The minimum atomic E-state index is 0. The molecule has 0 bridgehead atoms. The molecule has 0 saturated heterocycles. The van der Waals surface area contributed by atoms with Crippen LogP contribution in [0.4, 0.5) is 0 Å². The molecule has 0 unspecified atom stereocenters. The van der Waals surface area contributed by atoms with E-state index in [1.807, 2.05) is 12.1 Å². The van der Waals surface area contributed by atoms with Gasteiger partial charge in [0.15, 0.2) is 0 Å². The Morgan fingerprint density at radius 1 is 0.867 bits per heavy atom. The molecule has 0 aliphatic carbocycles. The molecule has 0 nitrogen and oxygen atoms in total. The second-order valence-corrected chi connectivity index (χ2v) is 4.30. The summed E-state index contributed by atoms with van der Waals surface area (Å²) in [6, 6.07) is 19.6. The molecule has 1 radical (unpaired) electrons. The quantitative estimate of drug-likeness (QED) is 0.754. The Labute approximate surface area is 120 Å². The van der Waals surface area contributed by atoms with E-state index in [2.05, 4.69) is 49.4 Å². The van der Waals surface area contributed by atoms with Crippen LogP contribution in [-0.4, -0.2) is 0 Å². The molecule has 2 rings (SSSR count). The summed E-state index contributed by atoms with van der Waals surface area (Å²) in [7, 11) is 0. The van der Waals surface area contributed by atoms with Gasteiger partial charge in [0.25, 0.3) is 0 Å². The van der Waals surface area contributed by atoms with E-state index < -0.39 is 0 Å². The van der Waals surface area contributed by atoms with Gasteiger partial charge >= 0.3 is 0 Å². The molecule has 73 valence electrons. The Hall–Kier alpha value is -0.106. The van der Waals surface area contributed by atoms with Crippen molar-refractivity contribution >= 4 is 11.8 Å². The molecule has 0 amide bonds. The summed E-state index contributed by atoms with van der Waals surface area (Å²) in [6.45, 7) is 2.10. The molecular formula is C13H11SY-. The summed E-state index contributed by atoms with van der Waals surface area (Å²) < 4.78 is 0. The minimum Gasteiger partial charge on any atom is -0.184 e. The molecule has 0 heterocycles. The third-order valence-corrected chi connectivity index (χ3v) is 2.96. The monoisotopic (exact) mass is 288 g/mol. The maximum Gasteiger partial charge on any atom is 0.0101 e. The van der Waals surface area contributed by atoms with Crippen LogP contribution >= 0.6 is 11.8 Å². The first kappa shape index (κ1) is 13.0. The number of hydrogen-bond acceptors (Lipinski definition) is 1. The molecule has 0 spiro atoms. The Balaban J connectivity index is 0.00000112. The van der Waals surface area contributed by atoms with Gasteiger partial charge in [-0.25, -0.2) is 0 Å². The molecule has 0 aromatic heterocycles. The van der Waals surface area contributed by atoms with Crippen molar-refractivity contribution in [3.05, 3.63) is 60.2 Å². The van der Waals surface area contributed by atoms with Gasteiger partial charge in [-0.2, -0.15) is 30.3 Å². The number of hydrogen-bond donors (Lipinski definition) is 0. The number of benzene rings is 2. The second-order valence-electron chi connectivity index (χ2n) is 3.15. The predicted molar refractivity (Wildman–Crippen MR) is 60.6 cm³/mol. The van der Waals surface area contributed by atoms with Crippen molar-refractivity contribution in [3.8, 4) is 0 Å². The minimum absolute atomic E-state index is 0. The number of aryl methyl sites for hydroxylation is 1. The van der Waals surface area contributed by atoms with E-state index in [9.17, 15) is 0 Å². The molecule has 2 heteroatoms. The fourth-order valence-electron chi connectivity index (χ4n) is 1.18. The Morgan fingerprint density at radius 2 is 1.40 bits per heavy atom. The van der Waals surface area contributed by atoms with Gasteiger partial charge in [0.2, 0.25) is 0 Å². The van der Waals surface area contributed by atoms with Crippen LogP contribution in [0.3, 0.4) is 0 Å². The summed E-state index contributed by atoms with van der Waals surface area (Å²) >= 11 is 1.78. The summed E-state index contributed by atoms with van der Waals surface area (Å²) in [5, 5.41) is 0.